The Morgan fingerprint density at radius 3 is 1.38 bits per heavy atom. The molecule has 3 heteroatoms. The minimum absolute atomic E-state index is 0.0461. The Morgan fingerprint density at radius 1 is 0.615 bits per heavy atom. The van der Waals surface area contributed by atoms with Gasteiger partial charge in [-0.1, -0.05) is 60.7 Å². The number of carbonyl (C=O) groups is 1. The zero-order valence-corrected chi connectivity index (χ0v) is 14.7. The molecule has 26 heavy (non-hydrogen) atoms. The van der Waals surface area contributed by atoms with E-state index < -0.39 is 0 Å². The van der Waals surface area contributed by atoms with E-state index in [9.17, 15) is 4.79 Å². The SMILES string of the molecule is COc1cccc2cccc(C(=O)c3cccc4cccc(OC)c34)c12. The molecule has 0 amide bonds. The Hall–Kier alpha value is -3.33. The first-order chi connectivity index (χ1) is 12.7. The zero-order valence-electron chi connectivity index (χ0n) is 14.7. The normalized spacial score (nSPS) is 10.8. The molecule has 0 saturated heterocycles. The first-order valence-corrected chi connectivity index (χ1v) is 8.40. The van der Waals surface area contributed by atoms with E-state index in [1.54, 1.807) is 14.2 Å². The van der Waals surface area contributed by atoms with Gasteiger partial charge in [-0.3, -0.25) is 4.79 Å². The van der Waals surface area contributed by atoms with Crippen LogP contribution in [0, 0.1) is 0 Å². The highest BCUT2D eigenvalue weighted by atomic mass is 16.5. The maximum Gasteiger partial charge on any atom is 0.194 e. The Kier molecular flexibility index (Phi) is 4.05. The molecule has 3 nitrogen and oxygen atoms in total. The summed E-state index contributed by atoms with van der Waals surface area (Å²) in [4.78, 5) is 13.5. The number of rotatable bonds is 4. The summed E-state index contributed by atoms with van der Waals surface area (Å²) in [6.45, 7) is 0. The lowest BCUT2D eigenvalue weighted by Gasteiger charge is -2.13. The average Bonchev–Trinajstić information content (AvgIpc) is 2.71. The topological polar surface area (TPSA) is 35.5 Å². The third-order valence-corrected chi connectivity index (χ3v) is 4.66. The smallest absolute Gasteiger partial charge is 0.194 e. The molecular weight excluding hydrogens is 324 g/mol. The van der Waals surface area contributed by atoms with Gasteiger partial charge in [-0.15, -0.1) is 0 Å². The van der Waals surface area contributed by atoms with Gasteiger partial charge in [-0.25, -0.2) is 0 Å². The molecule has 0 unspecified atom stereocenters. The molecule has 128 valence electrons. The van der Waals surface area contributed by atoms with Crippen molar-refractivity contribution < 1.29 is 14.3 Å². The summed E-state index contributed by atoms with van der Waals surface area (Å²) in [5.41, 5.74) is 1.25. The van der Waals surface area contributed by atoms with Crippen LogP contribution in [0.1, 0.15) is 15.9 Å². The molecule has 0 heterocycles. The lowest BCUT2D eigenvalue weighted by molar-refractivity contribution is 0.104. The average molecular weight is 342 g/mol. The van der Waals surface area contributed by atoms with Crippen LogP contribution in [0.4, 0.5) is 0 Å². The minimum Gasteiger partial charge on any atom is -0.496 e. The number of ether oxygens (including phenoxy) is 2. The maximum absolute atomic E-state index is 13.5. The molecule has 0 spiro atoms. The van der Waals surface area contributed by atoms with Crippen molar-refractivity contribution in [1.82, 2.24) is 0 Å². The third kappa shape index (κ3) is 2.49. The molecule has 0 aliphatic heterocycles. The second kappa shape index (κ2) is 6.52. The molecule has 0 N–H and O–H groups in total. The van der Waals surface area contributed by atoms with E-state index in [2.05, 4.69) is 0 Å². The largest absolute Gasteiger partial charge is 0.496 e. The maximum atomic E-state index is 13.5. The summed E-state index contributed by atoms with van der Waals surface area (Å²) in [6.07, 6.45) is 0. The predicted molar refractivity (Wildman–Crippen MR) is 104 cm³/mol. The van der Waals surface area contributed by atoms with Crippen LogP contribution in [-0.2, 0) is 0 Å². The quantitative estimate of drug-likeness (QED) is 0.476. The highest BCUT2D eigenvalue weighted by Crippen LogP contribution is 2.34. The molecule has 0 radical (unpaired) electrons. The fraction of sp³-hybridized carbons (Fsp3) is 0.0870. The standard InChI is InChI=1S/C23H18O3/c1-25-19-13-5-9-15-7-3-11-17(21(15)19)23(24)18-12-4-8-16-10-6-14-20(26-2)22(16)18/h3-14H,1-2H3. The molecule has 4 rings (SSSR count). The van der Waals surface area contributed by atoms with Crippen LogP contribution < -0.4 is 9.47 Å². The number of hydrogen-bond acceptors (Lipinski definition) is 3. The molecule has 4 aromatic rings. The van der Waals surface area contributed by atoms with Crippen molar-refractivity contribution >= 4 is 27.3 Å². The van der Waals surface area contributed by atoms with Crippen molar-refractivity contribution in [2.24, 2.45) is 0 Å². The molecule has 0 bridgehead atoms. The van der Waals surface area contributed by atoms with Gasteiger partial charge in [0.15, 0.2) is 5.78 Å². The molecule has 0 aliphatic carbocycles. The van der Waals surface area contributed by atoms with Crippen LogP contribution >= 0.6 is 0 Å². The summed E-state index contributed by atoms with van der Waals surface area (Å²) in [6, 6.07) is 23.0. The number of fused-ring (bicyclic) bond motifs is 2. The first-order valence-electron chi connectivity index (χ1n) is 8.40. The summed E-state index contributed by atoms with van der Waals surface area (Å²) in [5.74, 6) is 1.34. The fourth-order valence-electron chi connectivity index (χ4n) is 3.48. The summed E-state index contributed by atoms with van der Waals surface area (Å²) >= 11 is 0. The van der Waals surface area contributed by atoms with Crippen molar-refractivity contribution in [3.05, 3.63) is 83.9 Å². The van der Waals surface area contributed by atoms with Crippen molar-refractivity contribution in [3.63, 3.8) is 0 Å². The van der Waals surface area contributed by atoms with Crippen LogP contribution in [0.5, 0.6) is 11.5 Å². The highest BCUT2D eigenvalue weighted by molar-refractivity contribution is 6.23. The van der Waals surface area contributed by atoms with Crippen molar-refractivity contribution in [2.75, 3.05) is 14.2 Å². The van der Waals surface area contributed by atoms with E-state index >= 15 is 0 Å². The minimum atomic E-state index is -0.0461. The second-order valence-electron chi connectivity index (χ2n) is 6.06. The van der Waals surface area contributed by atoms with Crippen molar-refractivity contribution in [2.45, 2.75) is 0 Å². The van der Waals surface area contributed by atoms with Gasteiger partial charge in [-0.2, -0.15) is 0 Å². The number of hydrogen-bond donors (Lipinski definition) is 0. The van der Waals surface area contributed by atoms with Crippen LogP contribution in [0.3, 0.4) is 0 Å². The lowest BCUT2D eigenvalue weighted by Crippen LogP contribution is -2.04. The number of methoxy groups -OCH3 is 2. The number of ketones is 1. The van der Waals surface area contributed by atoms with Gasteiger partial charge >= 0.3 is 0 Å². The van der Waals surface area contributed by atoms with E-state index in [1.807, 2.05) is 72.8 Å². The van der Waals surface area contributed by atoms with Crippen molar-refractivity contribution in [3.8, 4) is 11.5 Å². The third-order valence-electron chi connectivity index (χ3n) is 4.66. The van der Waals surface area contributed by atoms with Gasteiger partial charge < -0.3 is 9.47 Å². The lowest BCUT2D eigenvalue weighted by atomic mass is 9.93. The zero-order chi connectivity index (χ0) is 18.1. The number of carbonyl (C=O) groups excluding carboxylic acids is 1. The molecule has 0 aliphatic rings. The monoisotopic (exact) mass is 342 g/mol. The Bertz CT molecular complexity index is 1030. The van der Waals surface area contributed by atoms with Gasteiger partial charge in [0.2, 0.25) is 0 Å². The Balaban J connectivity index is 2.01. The fourth-order valence-corrected chi connectivity index (χ4v) is 3.48. The Labute approximate surface area is 151 Å². The molecule has 0 saturated carbocycles. The van der Waals surface area contributed by atoms with Gasteiger partial charge in [0, 0.05) is 21.9 Å². The second-order valence-corrected chi connectivity index (χ2v) is 6.06. The summed E-state index contributed by atoms with van der Waals surface area (Å²) in [7, 11) is 3.24. The number of benzene rings is 4. The van der Waals surface area contributed by atoms with Crippen LogP contribution in [0.25, 0.3) is 21.5 Å². The highest BCUT2D eigenvalue weighted by Gasteiger charge is 2.19. The van der Waals surface area contributed by atoms with Gasteiger partial charge in [0.25, 0.3) is 0 Å². The van der Waals surface area contributed by atoms with E-state index in [0.717, 1.165) is 21.5 Å². The molecule has 0 aromatic heterocycles. The van der Waals surface area contributed by atoms with Gasteiger partial charge in [0.1, 0.15) is 11.5 Å². The molecule has 0 fully saturated rings. The van der Waals surface area contributed by atoms with E-state index in [0.29, 0.717) is 22.6 Å². The molecular formula is C23H18O3. The Morgan fingerprint density at radius 2 is 1.00 bits per heavy atom. The molecule has 4 aromatic carbocycles. The van der Waals surface area contributed by atoms with E-state index in [-0.39, 0.29) is 5.78 Å². The van der Waals surface area contributed by atoms with Gasteiger partial charge in [-0.05, 0) is 22.9 Å². The first kappa shape index (κ1) is 16.2. The summed E-state index contributed by atoms with van der Waals surface area (Å²) in [5, 5.41) is 3.61. The van der Waals surface area contributed by atoms with Crippen LogP contribution in [0.15, 0.2) is 72.8 Å². The van der Waals surface area contributed by atoms with Crippen molar-refractivity contribution in [1.29, 1.82) is 0 Å². The van der Waals surface area contributed by atoms with Crippen LogP contribution in [0.2, 0.25) is 0 Å². The van der Waals surface area contributed by atoms with Crippen LogP contribution in [-0.4, -0.2) is 20.0 Å². The van der Waals surface area contributed by atoms with Gasteiger partial charge in [0.05, 0.1) is 14.2 Å². The predicted octanol–water partition coefficient (Wildman–Crippen LogP) is 5.24. The van der Waals surface area contributed by atoms with E-state index in [1.165, 1.54) is 0 Å². The molecule has 0 atom stereocenters. The van der Waals surface area contributed by atoms with E-state index in [4.69, 9.17) is 9.47 Å². The summed E-state index contributed by atoms with van der Waals surface area (Å²) < 4.78 is 11.0.